The van der Waals surface area contributed by atoms with Crippen molar-refractivity contribution in [3.05, 3.63) is 29.3 Å². The van der Waals surface area contributed by atoms with Crippen molar-refractivity contribution in [1.29, 1.82) is 0 Å². The largest absolute Gasteiger partial charge is 0.352 e. The number of sulfonamides is 1. The van der Waals surface area contributed by atoms with Crippen LogP contribution in [0.3, 0.4) is 0 Å². The van der Waals surface area contributed by atoms with Crippen LogP contribution in [0.1, 0.15) is 61.9 Å². The lowest BCUT2D eigenvalue weighted by molar-refractivity contribution is 0.0943. The minimum absolute atomic E-state index is 0.193. The maximum atomic E-state index is 12.8. The van der Waals surface area contributed by atoms with E-state index in [0.29, 0.717) is 36.7 Å². The number of aryl methyl sites for hydroxylation is 1. The summed E-state index contributed by atoms with van der Waals surface area (Å²) in [5.41, 5.74) is 1.07. The number of hydrogen-bond donors (Lipinski definition) is 1. The van der Waals surface area contributed by atoms with Gasteiger partial charge in [-0.05, 0) is 43.4 Å². The Bertz CT molecular complexity index is 691. The first-order chi connectivity index (χ1) is 11.9. The molecule has 0 aromatic heterocycles. The van der Waals surface area contributed by atoms with E-state index in [9.17, 15) is 13.2 Å². The molecule has 1 N–H and O–H groups in total. The maximum absolute atomic E-state index is 12.8. The zero-order valence-electron chi connectivity index (χ0n) is 15.5. The van der Waals surface area contributed by atoms with E-state index in [1.807, 2.05) is 13.8 Å². The molecule has 0 aliphatic heterocycles. The number of carbonyl (C=O) groups excluding carboxylic acids is 1. The Kier molecular flexibility index (Phi) is 7.02. The van der Waals surface area contributed by atoms with Crippen LogP contribution in [0.2, 0.25) is 0 Å². The van der Waals surface area contributed by atoms with Gasteiger partial charge in [0, 0.05) is 25.2 Å². The van der Waals surface area contributed by atoms with Gasteiger partial charge < -0.3 is 5.32 Å². The average molecular weight is 367 g/mol. The number of nitrogens with one attached hydrogen (secondary N) is 1. The molecule has 140 valence electrons. The van der Waals surface area contributed by atoms with Crippen LogP contribution >= 0.6 is 0 Å². The van der Waals surface area contributed by atoms with Gasteiger partial charge in [-0.15, -0.1) is 0 Å². The molecule has 0 atom stereocenters. The minimum atomic E-state index is -3.57. The van der Waals surface area contributed by atoms with Gasteiger partial charge in [-0.3, -0.25) is 4.79 Å². The Morgan fingerprint density at radius 2 is 1.80 bits per heavy atom. The molecule has 1 amide bonds. The van der Waals surface area contributed by atoms with Crippen LogP contribution in [-0.4, -0.2) is 38.3 Å². The summed E-state index contributed by atoms with van der Waals surface area (Å²) in [6.07, 6.45) is 6.08. The van der Waals surface area contributed by atoms with Crippen LogP contribution < -0.4 is 5.32 Å². The third-order valence-electron chi connectivity index (χ3n) is 5.05. The highest BCUT2D eigenvalue weighted by molar-refractivity contribution is 7.89. The summed E-state index contributed by atoms with van der Waals surface area (Å²) in [5.74, 6) is 0.351. The Morgan fingerprint density at radius 3 is 2.40 bits per heavy atom. The normalized spacial score (nSPS) is 16.2. The molecule has 6 heteroatoms. The molecule has 1 aliphatic rings. The Labute approximate surface area is 151 Å². The Morgan fingerprint density at radius 1 is 1.16 bits per heavy atom. The van der Waals surface area contributed by atoms with E-state index in [1.54, 1.807) is 19.1 Å². The van der Waals surface area contributed by atoms with E-state index in [2.05, 4.69) is 5.32 Å². The molecule has 0 radical (unpaired) electrons. The van der Waals surface area contributed by atoms with Crippen molar-refractivity contribution in [3.8, 4) is 0 Å². The highest BCUT2D eigenvalue weighted by Gasteiger charge is 2.25. The molecule has 0 bridgehead atoms. The highest BCUT2D eigenvalue weighted by Crippen LogP contribution is 2.24. The zero-order chi connectivity index (χ0) is 18.4. The molecule has 0 spiro atoms. The van der Waals surface area contributed by atoms with E-state index >= 15 is 0 Å². The molecule has 1 aliphatic carbocycles. The van der Waals surface area contributed by atoms with Gasteiger partial charge in [0.05, 0.1) is 4.90 Å². The molecular formula is C19H30N2O3S. The Hall–Kier alpha value is -1.40. The number of benzene rings is 1. The number of rotatable bonds is 7. The van der Waals surface area contributed by atoms with Gasteiger partial charge in [-0.2, -0.15) is 4.31 Å². The second kappa shape index (κ2) is 8.81. The van der Waals surface area contributed by atoms with E-state index < -0.39 is 10.0 Å². The van der Waals surface area contributed by atoms with Crippen LogP contribution in [-0.2, 0) is 10.0 Å². The van der Waals surface area contributed by atoms with Crippen LogP contribution in [0.25, 0.3) is 0 Å². The van der Waals surface area contributed by atoms with Gasteiger partial charge in [0.15, 0.2) is 0 Å². The quantitative estimate of drug-likeness (QED) is 0.805. The second-order valence-corrected chi connectivity index (χ2v) is 8.69. The van der Waals surface area contributed by atoms with Gasteiger partial charge in [0.2, 0.25) is 10.0 Å². The predicted molar refractivity (Wildman–Crippen MR) is 100 cm³/mol. The third kappa shape index (κ3) is 4.82. The number of nitrogens with zero attached hydrogens (tertiary/aromatic N) is 1. The SMILES string of the molecule is CCN(CC)S(=O)(=O)c1cc(C(=O)NCC2CCCCC2)ccc1C. The lowest BCUT2D eigenvalue weighted by Gasteiger charge is -2.22. The number of hydrogen-bond acceptors (Lipinski definition) is 3. The smallest absolute Gasteiger partial charge is 0.251 e. The first-order valence-electron chi connectivity index (χ1n) is 9.29. The maximum Gasteiger partial charge on any atom is 0.251 e. The van der Waals surface area contributed by atoms with Crippen LogP contribution in [0.5, 0.6) is 0 Å². The van der Waals surface area contributed by atoms with Crippen molar-refractivity contribution in [1.82, 2.24) is 9.62 Å². The monoisotopic (exact) mass is 366 g/mol. The molecule has 1 aromatic rings. The molecule has 0 heterocycles. The van der Waals surface area contributed by atoms with Crippen molar-refractivity contribution in [3.63, 3.8) is 0 Å². The summed E-state index contributed by atoms with van der Waals surface area (Å²) in [4.78, 5) is 12.7. The van der Waals surface area contributed by atoms with E-state index in [4.69, 9.17) is 0 Å². The predicted octanol–water partition coefficient (Wildman–Crippen LogP) is 3.34. The van der Waals surface area contributed by atoms with E-state index in [-0.39, 0.29) is 10.8 Å². The van der Waals surface area contributed by atoms with Crippen LogP contribution in [0.15, 0.2) is 23.1 Å². The first kappa shape index (κ1) is 19.9. The molecule has 1 aromatic carbocycles. The molecule has 25 heavy (non-hydrogen) atoms. The number of amides is 1. The van der Waals surface area contributed by atoms with Crippen molar-refractivity contribution in [2.75, 3.05) is 19.6 Å². The van der Waals surface area contributed by atoms with Crippen molar-refractivity contribution in [2.24, 2.45) is 5.92 Å². The molecule has 0 unspecified atom stereocenters. The molecular weight excluding hydrogens is 336 g/mol. The van der Waals surface area contributed by atoms with Crippen molar-refractivity contribution >= 4 is 15.9 Å². The van der Waals surface area contributed by atoms with Gasteiger partial charge in [0.25, 0.3) is 5.91 Å². The molecule has 1 saturated carbocycles. The lowest BCUT2D eigenvalue weighted by Crippen LogP contribution is -2.32. The molecule has 0 saturated heterocycles. The Balaban J connectivity index is 2.15. The summed E-state index contributed by atoms with van der Waals surface area (Å²) < 4.78 is 27.0. The average Bonchev–Trinajstić information content (AvgIpc) is 2.61. The minimum Gasteiger partial charge on any atom is -0.352 e. The van der Waals surface area contributed by atoms with E-state index in [1.165, 1.54) is 29.6 Å². The summed E-state index contributed by atoms with van der Waals surface area (Å²) in [6, 6.07) is 4.93. The van der Waals surface area contributed by atoms with Gasteiger partial charge in [0.1, 0.15) is 0 Å². The van der Waals surface area contributed by atoms with Gasteiger partial charge >= 0.3 is 0 Å². The summed E-state index contributed by atoms with van der Waals surface area (Å²) >= 11 is 0. The molecule has 1 fully saturated rings. The van der Waals surface area contributed by atoms with E-state index in [0.717, 1.165) is 12.8 Å². The first-order valence-corrected chi connectivity index (χ1v) is 10.7. The fourth-order valence-corrected chi connectivity index (χ4v) is 5.16. The van der Waals surface area contributed by atoms with Gasteiger partial charge in [-0.1, -0.05) is 39.2 Å². The zero-order valence-corrected chi connectivity index (χ0v) is 16.4. The summed E-state index contributed by atoms with van der Waals surface area (Å²) in [5, 5.41) is 2.98. The lowest BCUT2D eigenvalue weighted by atomic mass is 9.89. The standard InChI is InChI=1S/C19H30N2O3S/c1-4-21(5-2)25(23,24)18-13-17(12-11-15(18)3)19(22)20-14-16-9-7-6-8-10-16/h11-13,16H,4-10,14H2,1-3H3,(H,20,22). The topological polar surface area (TPSA) is 66.5 Å². The number of carbonyl (C=O) groups is 1. The van der Waals surface area contributed by atoms with Gasteiger partial charge in [-0.25, -0.2) is 8.42 Å². The van der Waals surface area contributed by atoms with Crippen molar-refractivity contribution < 1.29 is 13.2 Å². The highest BCUT2D eigenvalue weighted by atomic mass is 32.2. The summed E-state index contributed by atoms with van der Waals surface area (Å²) in [6.45, 7) is 6.89. The molecule has 5 nitrogen and oxygen atoms in total. The van der Waals surface area contributed by atoms with Crippen LogP contribution in [0, 0.1) is 12.8 Å². The second-order valence-electron chi connectivity index (χ2n) is 6.78. The van der Waals surface area contributed by atoms with Crippen molar-refractivity contribution in [2.45, 2.75) is 57.8 Å². The fraction of sp³-hybridized carbons (Fsp3) is 0.632. The third-order valence-corrected chi connectivity index (χ3v) is 7.24. The molecule has 2 rings (SSSR count). The fourth-order valence-electron chi connectivity index (χ4n) is 3.45. The van der Waals surface area contributed by atoms with Crippen LogP contribution in [0.4, 0.5) is 0 Å². The summed E-state index contributed by atoms with van der Waals surface area (Å²) in [7, 11) is -3.57.